The molecule has 0 bridgehead atoms. The van der Waals surface area contributed by atoms with Gasteiger partial charge in [-0.3, -0.25) is 4.79 Å². The highest BCUT2D eigenvalue weighted by molar-refractivity contribution is 5.43. The molecule has 5 nitrogen and oxygen atoms in total. The number of anilines is 1. The quantitative estimate of drug-likeness (QED) is 0.856. The van der Waals surface area contributed by atoms with Crippen molar-refractivity contribution < 1.29 is 9.84 Å². The Kier molecular flexibility index (Phi) is 5.00. The molecule has 0 saturated heterocycles. The van der Waals surface area contributed by atoms with Crippen LogP contribution in [-0.2, 0) is 11.3 Å². The largest absolute Gasteiger partial charge is 0.508 e. The predicted octanol–water partition coefficient (Wildman–Crippen LogP) is 2.37. The van der Waals surface area contributed by atoms with Crippen LogP contribution in [0.2, 0.25) is 0 Å². The first-order chi connectivity index (χ1) is 10.1. The molecule has 0 radical (unpaired) electrons. The van der Waals surface area contributed by atoms with Gasteiger partial charge in [0.2, 0.25) is 0 Å². The Bertz CT molecular complexity index is 635. The highest BCUT2D eigenvalue weighted by Gasteiger charge is 2.06. The van der Waals surface area contributed by atoms with Gasteiger partial charge in [0.25, 0.3) is 5.56 Å². The van der Waals surface area contributed by atoms with Crippen molar-refractivity contribution in [3.05, 3.63) is 58.5 Å². The maximum absolute atomic E-state index is 11.7. The summed E-state index contributed by atoms with van der Waals surface area (Å²) in [6, 6.07) is 10.4. The SMILES string of the molecule is COCCn1cc(NC(C)c2ccc(O)cc2)ccc1=O. The first kappa shape index (κ1) is 15.1. The summed E-state index contributed by atoms with van der Waals surface area (Å²) in [6.45, 7) is 3.05. The molecule has 0 saturated carbocycles. The zero-order valence-electron chi connectivity index (χ0n) is 12.2. The third-order valence-corrected chi connectivity index (χ3v) is 3.30. The van der Waals surface area contributed by atoms with E-state index < -0.39 is 0 Å². The normalized spacial score (nSPS) is 12.1. The van der Waals surface area contributed by atoms with Crippen LogP contribution >= 0.6 is 0 Å². The third kappa shape index (κ3) is 4.10. The first-order valence-corrected chi connectivity index (χ1v) is 6.85. The number of benzene rings is 1. The number of nitrogens with zero attached hydrogens (tertiary/aromatic N) is 1. The molecule has 1 unspecified atom stereocenters. The standard InChI is InChI=1S/C16H20N2O3/c1-12(13-3-6-15(19)7-4-13)17-14-5-8-16(20)18(11-14)9-10-21-2/h3-8,11-12,17,19H,9-10H2,1-2H3. The average Bonchev–Trinajstić information content (AvgIpc) is 2.48. The maximum Gasteiger partial charge on any atom is 0.250 e. The molecule has 0 aliphatic rings. The van der Waals surface area contributed by atoms with Gasteiger partial charge in [0.05, 0.1) is 12.3 Å². The van der Waals surface area contributed by atoms with Gasteiger partial charge in [0, 0.05) is 32.0 Å². The summed E-state index contributed by atoms with van der Waals surface area (Å²) in [5.74, 6) is 0.249. The Balaban J connectivity index is 2.11. The van der Waals surface area contributed by atoms with Gasteiger partial charge in [-0.1, -0.05) is 12.1 Å². The van der Waals surface area contributed by atoms with Crippen LogP contribution < -0.4 is 10.9 Å². The molecule has 21 heavy (non-hydrogen) atoms. The molecule has 5 heteroatoms. The maximum atomic E-state index is 11.7. The Hall–Kier alpha value is -2.27. The van der Waals surface area contributed by atoms with Crippen LogP contribution in [0.15, 0.2) is 47.4 Å². The molecule has 1 aromatic heterocycles. The number of hydrogen-bond acceptors (Lipinski definition) is 4. The molecule has 0 aliphatic heterocycles. The number of pyridine rings is 1. The number of ether oxygens (including phenoxy) is 1. The summed E-state index contributed by atoms with van der Waals surface area (Å²) in [5, 5.41) is 12.6. The van der Waals surface area contributed by atoms with Crippen molar-refractivity contribution in [2.45, 2.75) is 19.5 Å². The molecule has 1 aromatic carbocycles. The molecule has 0 aliphatic carbocycles. The van der Waals surface area contributed by atoms with Crippen LogP contribution in [0.4, 0.5) is 5.69 Å². The van der Waals surface area contributed by atoms with E-state index in [2.05, 4.69) is 5.32 Å². The topological polar surface area (TPSA) is 63.5 Å². The van der Waals surface area contributed by atoms with Gasteiger partial charge in [-0.15, -0.1) is 0 Å². The molecule has 0 amide bonds. The fraction of sp³-hybridized carbons (Fsp3) is 0.312. The van der Waals surface area contributed by atoms with Crippen molar-refractivity contribution >= 4 is 5.69 Å². The molecule has 2 aromatic rings. The zero-order chi connectivity index (χ0) is 15.2. The van der Waals surface area contributed by atoms with Crippen LogP contribution in [0, 0.1) is 0 Å². The van der Waals surface area contributed by atoms with E-state index in [0.717, 1.165) is 11.3 Å². The number of methoxy groups -OCH3 is 1. The molecule has 112 valence electrons. The lowest BCUT2D eigenvalue weighted by Gasteiger charge is -2.17. The molecule has 0 fully saturated rings. The van der Waals surface area contributed by atoms with Crippen molar-refractivity contribution in [1.29, 1.82) is 0 Å². The van der Waals surface area contributed by atoms with E-state index in [1.54, 1.807) is 42.1 Å². The minimum Gasteiger partial charge on any atom is -0.508 e. The smallest absolute Gasteiger partial charge is 0.250 e. The van der Waals surface area contributed by atoms with Gasteiger partial charge in [-0.05, 0) is 30.7 Å². The highest BCUT2D eigenvalue weighted by atomic mass is 16.5. The van der Waals surface area contributed by atoms with Crippen molar-refractivity contribution in [1.82, 2.24) is 4.57 Å². The first-order valence-electron chi connectivity index (χ1n) is 6.85. The highest BCUT2D eigenvalue weighted by Crippen LogP contribution is 2.20. The van der Waals surface area contributed by atoms with E-state index in [9.17, 15) is 9.90 Å². The van der Waals surface area contributed by atoms with Crippen LogP contribution in [0.5, 0.6) is 5.75 Å². The third-order valence-electron chi connectivity index (χ3n) is 3.30. The monoisotopic (exact) mass is 288 g/mol. The fourth-order valence-electron chi connectivity index (χ4n) is 2.08. The van der Waals surface area contributed by atoms with Crippen molar-refractivity contribution in [2.24, 2.45) is 0 Å². The van der Waals surface area contributed by atoms with Crippen LogP contribution in [0.1, 0.15) is 18.5 Å². The fourth-order valence-corrected chi connectivity index (χ4v) is 2.08. The molecule has 2 rings (SSSR count). The zero-order valence-corrected chi connectivity index (χ0v) is 12.2. The van der Waals surface area contributed by atoms with Gasteiger partial charge in [0.1, 0.15) is 5.75 Å². The molecule has 2 N–H and O–H groups in total. The summed E-state index contributed by atoms with van der Waals surface area (Å²) in [7, 11) is 1.61. The van der Waals surface area contributed by atoms with E-state index in [1.165, 1.54) is 0 Å². The lowest BCUT2D eigenvalue weighted by Crippen LogP contribution is -2.21. The summed E-state index contributed by atoms with van der Waals surface area (Å²) in [4.78, 5) is 11.7. The minimum absolute atomic E-state index is 0.0464. The van der Waals surface area contributed by atoms with E-state index in [1.807, 2.05) is 19.1 Å². The van der Waals surface area contributed by atoms with Crippen LogP contribution in [0.3, 0.4) is 0 Å². The number of hydrogen-bond donors (Lipinski definition) is 2. The number of aromatic nitrogens is 1. The summed E-state index contributed by atoms with van der Waals surface area (Å²) in [5.41, 5.74) is 1.88. The molecule has 1 heterocycles. The van der Waals surface area contributed by atoms with Crippen LogP contribution in [0.25, 0.3) is 0 Å². The lowest BCUT2D eigenvalue weighted by atomic mass is 10.1. The Morgan fingerprint density at radius 2 is 1.95 bits per heavy atom. The van der Waals surface area contributed by atoms with Crippen molar-refractivity contribution in [3.8, 4) is 5.75 Å². The minimum atomic E-state index is -0.0464. The van der Waals surface area contributed by atoms with Gasteiger partial charge >= 0.3 is 0 Å². The average molecular weight is 288 g/mol. The molecular formula is C16H20N2O3. The Morgan fingerprint density at radius 1 is 1.24 bits per heavy atom. The summed E-state index contributed by atoms with van der Waals surface area (Å²) >= 11 is 0. The number of aromatic hydroxyl groups is 1. The number of nitrogens with one attached hydrogen (secondary N) is 1. The summed E-state index contributed by atoms with van der Waals surface area (Å²) < 4.78 is 6.62. The Morgan fingerprint density at radius 3 is 2.62 bits per heavy atom. The van der Waals surface area contributed by atoms with Crippen molar-refractivity contribution in [2.75, 3.05) is 19.0 Å². The molecular weight excluding hydrogens is 268 g/mol. The van der Waals surface area contributed by atoms with Crippen LogP contribution in [-0.4, -0.2) is 23.4 Å². The predicted molar refractivity (Wildman–Crippen MR) is 82.7 cm³/mol. The second-order valence-electron chi connectivity index (χ2n) is 4.90. The Labute approximate surface area is 123 Å². The van der Waals surface area contributed by atoms with Gasteiger partial charge in [-0.2, -0.15) is 0 Å². The van der Waals surface area contributed by atoms with E-state index in [0.29, 0.717) is 13.2 Å². The second-order valence-corrected chi connectivity index (χ2v) is 4.90. The second kappa shape index (κ2) is 6.95. The number of rotatable bonds is 6. The lowest BCUT2D eigenvalue weighted by molar-refractivity contribution is 0.186. The van der Waals surface area contributed by atoms with E-state index in [4.69, 9.17) is 4.74 Å². The van der Waals surface area contributed by atoms with Crippen molar-refractivity contribution in [3.63, 3.8) is 0 Å². The summed E-state index contributed by atoms with van der Waals surface area (Å²) in [6.07, 6.45) is 1.79. The van der Waals surface area contributed by atoms with E-state index in [-0.39, 0.29) is 17.4 Å². The number of phenolic OH excluding ortho intramolecular Hbond substituents is 1. The number of phenols is 1. The van der Waals surface area contributed by atoms with Gasteiger partial charge in [0.15, 0.2) is 0 Å². The van der Waals surface area contributed by atoms with Gasteiger partial charge in [-0.25, -0.2) is 0 Å². The van der Waals surface area contributed by atoms with E-state index >= 15 is 0 Å². The van der Waals surface area contributed by atoms with Gasteiger partial charge < -0.3 is 19.7 Å². The molecule has 0 spiro atoms. The molecule has 1 atom stereocenters.